The molecule has 6 nitrogen and oxygen atoms in total. The fourth-order valence-corrected chi connectivity index (χ4v) is 2.56. The standard InChI is InChI=1S/C15H18N2O4/c1-21-15(20)13(10-4-2-6-12(18)8-10)17-14(19)11-5-3-7-16-9-11/h3,5,7,9-10,13H,2,4,6,8H2,1H3,(H,17,19)/t10-,13-/m0/s1. The summed E-state index contributed by atoms with van der Waals surface area (Å²) >= 11 is 0. The number of nitrogens with zero attached hydrogens (tertiary/aromatic N) is 1. The molecule has 0 aliphatic heterocycles. The van der Waals surface area contributed by atoms with Crippen LogP contribution in [0.25, 0.3) is 0 Å². The Morgan fingerprint density at radius 1 is 1.48 bits per heavy atom. The minimum Gasteiger partial charge on any atom is -0.467 e. The second-order valence-corrected chi connectivity index (χ2v) is 5.11. The molecular weight excluding hydrogens is 272 g/mol. The summed E-state index contributed by atoms with van der Waals surface area (Å²) in [5.74, 6) is -1.00. The van der Waals surface area contributed by atoms with Gasteiger partial charge in [0, 0.05) is 25.2 Å². The second-order valence-electron chi connectivity index (χ2n) is 5.11. The average molecular weight is 290 g/mol. The van der Waals surface area contributed by atoms with E-state index in [4.69, 9.17) is 4.74 Å². The third kappa shape index (κ3) is 3.87. The molecule has 2 atom stereocenters. The predicted molar refractivity (Wildman–Crippen MR) is 74.5 cm³/mol. The quantitative estimate of drug-likeness (QED) is 0.840. The average Bonchev–Trinajstić information content (AvgIpc) is 2.52. The van der Waals surface area contributed by atoms with E-state index >= 15 is 0 Å². The molecule has 1 fully saturated rings. The summed E-state index contributed by atoms with van der Waals surface area (Å²) in [6, 6.07) is 2.46. The van der Waals surface area contributed by atoms with E-state index in [-0.39, 0.29) is 11.7 Å². The third-order valence-corrected chi connectivity index (χ3v) is 3.66. The van der Waals surface area contributed by atoms with E-state index in [0.717, 1.165) is 12.8 Å². The van der Waals surface area contributed by atoms with Crippen molar-refractivity contribution in [2.45, 2.75) is 31.7 Å². The molecule has 6 heteroatoms. The maximum atomic E-state index is 12.2. The number of Topliss-reactive ketones (excluding diaryl/α,β-unsaturated/α-hetero) is 1. The van der Waals surface area contributed by atoms with E-state index in [9.17, 15) is 14.4 Å². The number of nitrogens with one attached hydrogen (secondary N) is 1. The highest BCUT2D eigenvalue weighted by atomic mass is 16.5. The Labute approximate surface area is 122 Å². The molecule has 0 spiro atoms. The van der Waals surface area contributed by atoms with Gasteiger partial charge in [0.2, 0.25) is 0 Å². The van der Waals surface area contributed by atoms with E-state index < -0.39 is 17.9 Å². The molecule has 1 aromatic heterocycles. The van der Waals surface area contributed by atoms with E-state index in [0.29, 0.717) is 18.4 Å². The lowest BCUT2D eigenvalue weighted by molar-refractivity contribution is -0.145. The van der Waals surface area contributed by atoms with E-state index in [1.807, 2.05) is 0 Å². The number of ether oxygens (including phenoxy) is 1. The lowest BCUT2D eigenvalue weighted by Crippen LogP contribution is -2.48. The second kappa shape index (κ2) is 6.97. The van der Waals surface area contributed by atoms with Gasteiger partial charge in [0.15, 0.2) is 0 Å². The topological polar surface area (TPSA) is 85.4 Å². The molecule has 21 heavy (non-hydrogen) atoms. The molecule has 1 aromatic rings. The SMILES string of the molecule is COC(=O)[C@@H](NC(=O)c1cccnc1)[C@H]1CCCC(=O)C1. The number of hydrogen-bond acceptors (Lipinski definition) is 5. The zero-order valence-corrected chi connectivity index (χ0v) is 11.9. The fraction of sp³-hybridized carbons (Fsp3) is 0.467. The number of aromatic nitrogens is 1. The third-order valence-electron chi connectivity index (χ3n) is 3.66. The first-order valence-electron chi connectivity index (χ1n) is 6.92. The molecule has 2 rings (SSSR count). The number of pyridine rings is 1. The van der Waals surface area contributed by atoms with Crippen molar-refractivity contribution in [2.75, 3.05) is 7.11 Å². The maximum absolute atomic E-state index is 12.2. The molecule has 1 N–H and O–H groups in total. The first kappa shape index (κ1) is 15.2. The van der Waals surface area contributed by atoms with Crippen LogP contribution in [0.3, 0.4) is 0 Å². The molecule has 0 unspecified atom stereocenters. The number of hydrogen-bond donors (Lipinski definition) is 1. The number of esters is 1. The van der Waals surface area contributed by atoms with Gasteiger partial charge >= 0.3 is 5.97 Å². The summed E-state index contributed by atoms with van der Waals surface area (Å²) in [5.41, 5.74) is 0.369. The van der Waals surface area contributed by atoms with Gasteiger partial charge in [-0.25, -0.2) is 4.79 Å². The highest BCUT2D eigenvalue weighted by molar-refractivity contribution is 5.96. The summed E-state index contributed by atoms with van der Waals surface area (Å²) in [6.07, 6.45) is 5.29. The molecule has 1 aliphatic carbocycles. The van der Waals surface area contributed by atoms with E-state index in [2.05, 4.69) is 10.3 Å². The minimum atomic E-state index is -0.799. The van der Waals surface area contributed by atoms with Crippen LogP contribution < -0.4 is 5.32 Å². The zero-order chi connectivity index (χ0) is 15.2. The monoisotopic (exact) mass is 290 g/mol. The Morgan fingerprint density at radius 2 is 2.29 bits per heavy atom. The van der Waals surface area contributed by atoms with Gasteiger partial charge < -0.3 is 10.1 Å². The van der Waals surface area contributed by atoms with Gasteiger partial charge in [-0.3, -0.25) is 14.6 Å². The zero-order valence-electron chi connectivity index (χ0n) is 11.9. The van der Waals surface area contributed by atoms with Gasteiger partial charge in [0.25, 0.3) is 5.91 Å². The van der Waals surface area contributed by atoms with Crippen LogP contribution in [0.5, 0.6) is 0 Å². The largest absolute Gasteiger partial charge is 0.467 e. The first-order valence-corrected chi connectivity index (χ1v) is 6.92. The Bertz CT molecular complexity index is 530. The molecule has 1 amide bonds. The van der Waals surface area contributed by atoms with Crippen LogP contribution >= 0.6 is 0 Å². The lowest BCUT2D eigenvalue weighted by atomic mass is 9.83. The molecule has 0 saturated heterocycles. The van der Waals surface area contributed by atoms with Gasteiger partial charge in [0.1, 0.15) is 11.8 Å². The van der Waals surface area contributed by atoms with Crippen LogP contribution in [-0.4, -0.2) is 35.8 Å². The highest BCUT2D eigenvalue weighted by Crippen LogP contribution is 2.25. The number of rotatable bonds is 4. The molecular formula is C15H18N2O4. The summed E-state index contributed by atoms with van der Waals surface area (Å²) < 4.78 is 4.76. The van der Waals surface area contributed by atoms with E-state index in [1.54, 1.807) is 18.3 Å². The number of carbonyl (C=O) groups is 3. The summed E-state index contributed by atoms with van der Waals surface area (Å²) in [6.45, 7) is 0. The molecule has 1 saturated carbocycles. The molecule has 112 valence electrons. The number of ketones is 1. The Hall–Kier alpha value is -2.24. The normalized spacial score (nSPS) is 19.7. The van der Waals surface area contributed by atoms with Crippen molar-refractivity contribution in [3.63, 3.8) is 0 Å². The van der Waals surface area contributed by atoms with Gasteiger partial charge in [-0.1, -0.05) is 0 Å². The maximum Gasteiger partial charge on any atom is 0.328 e. The van der Waals surface area contributed by atoms with Crippen molar-refractivity contribution in [3.8, 4) is 0 Å². The summed E-state index contributed by atoms with van der Waals surface area (Å²) in [5, 5.41) is 2.67. The van der Waals surface area contributed by atoms with Crippen molar-refractivity contribution in [1.82, 2.24) is 10.3 Å². The lowest BCUT2D eigenvalue weighted by Gasteiger charge is -2.28. The number of amides is 1. The molecule has 1 heterocycles. The van der Waals surface area contributed by atoms with Crippen LogP contribution in [-0.2, 0) is 14.3 Å². The Balaban J connectivity index is 2.11. The summed E-state index contributed by atoms with van der Waals surface area (Å²) in [7, 11) is 1.27. The van der Waals surface area contributed by atoms with Crippen molar-refractivity contribution < 1.29 is 19.1 Å². The highest BCUT2D eigenvalue weighted by Gasteiger charge is 2.34. The van der Waals surface area contributed by atoms with Crippen molar-refractivity contribution in [2.24, 2.45) is 5.92 Å². The first-order chi connectivity index (χ1) is 10.1. The van der Waals surface area contributed by atoms with Crippen molar-refractivity contribution in [3.05, 3.63) is 30.1 Å². The molecule has 0 aromatic carbocycles. The molecule has 0 bridgehead atoms. The van der Waals surface area contributed by atoms with Crippen molar-refractivity contribution >= 4 is 17.7 Å². The van der Waals surface area contributed by atoms with Gasteiger partial charge in [-0.05, 0) is 30.9 Å². The van der Waals surface area contributed by atoms with Crippen LogP contribution in [0.1, 0.15) is 36.0 Å². The van der Waals surface area contributed by atoms with Crippen molar-refractivity contribution in [1.29, 1.82) is 0 Å². The number of carbonyl (C=O) groups excluding carboxylic acids is 3. The van der Waals surface area contributed by atoms with Crippen LogP contribution in [0.2, 0.25) is 0 Å². The minimum absolute atomic E-state index is 0.121. The number of methoxy groups -OCH3 is 1. The van der Waals surface area contributed by atoms with Gasteiger partial charge in [-0.15, -0.1) is 0 Å². The van der Waals surface area contributed by atoms with Gasteiger partial charge in [0.05, 0.1) is 12.7 Å². The Kier molecular flexibility index (Phi) is 5.03. The van der Waals surface area contributed by atoms with Crippen LogP contribution in [0.4, 0.5) is 0 Å². The Morgan fingerprint density at radius 3 is 2.90 bits per heavy atom. The van der Waals surface area contributed by atoms with E-state index in [1.165, 1.54) is 13.3 Å². The van der Waals surface area contributed by atoms with Gasteiger partial charge in [-0.2, -0.15) is 0 Å². The predicted octanol–water partition coefficient (Wildman–Crippen LogP) is 1.11. The summed E-state index contributed by atoms with van der Waals surface area (Å²) in [4.78, 5) is 39.5. The smallest absolute Gasteiger partial charge is 0.328 e. The molecule has 1 aliphatic rings. The van der Waals surface area contributed by atoms with Crippen LogP contribution in [0, 0.1) is 5.92 Å². The molecule has 0 radical (unpaired) electrons. The van der Waals surface area contributed by atoms with Crippen LogP contribution in [0.15, 0.2) is 24.5 Å². The fourth-order valence-electron chi connectivity index (χ4n) is 2.56.